The topological polar surface area (TPSA) is 74.2 Å². The second-order valence-electron chi connectivity index (χ2n) is 4.08. The summed E-state index contributed by atoms with van der Waals surface area (Å²) in [7, 11) is 0. The number of nitrogens with zero attached hydrogens (tertiary/aromatic N) is 2. The Hall–Kier alpha value is -0.940. The van der Waals surface area contributed by atoms with Crippen LogP contribution in [0.15, 0.2) is 4.52 Å². The fourth-order valence-corrected chi connectivity index (χ4v) is 1.29. The molecule has 0 saturated heterocycles. The second kappa shape index (κ2) is 5.96. The first-order valence-electron chi connectivity index (χ1n) is 5.77. The summed E-state index contributed by atoms with van der Waals surface area (Å²) in [6, 6.07) is 0. The molecular formula is C11H21N3O2. The van der Waals surface area contributed by atoms with Crippen molar-refractivity contribution < 1.29 is 9.26 Å². The van der Waals surface area contributed by atoms with Gasteiger partial charge in [-0.2, -0.15) is 4.98 Å². The van der Waals surface area contributed by atoms with Crippen LogP contribution in [0.25, 0.3) is 0 Å². The molecule has 1 heterocycles. The van der Waals surface area contributed by atoms with Crippen LogP contribution in [0.5, 0.6) is 0 Å². The van der Waals surface area contributed by atoms with Crippen LogP contribution in [-0.2, 0) is 16.6 Å². The maximum absolute atomic E-state index is 5.73. The van der Waals surface area contributed by atoms with Gasteiger partial charge in [0.1, 0.15) is 0 Å². The molecule has 0 fully saturated rings. The summed E-state index contributed by atoms with van der Waals surface area (Å²) < 4.78 is 10.5. The standard InChI is InChI=1S/C11H21N3O2/c1-4-11(3,8-12)10-13-9(14-16-10)6-7-15-5-2/h4-8,12H2,1-3H3. The molecule has 5 heteroatoms. The molecule has 1 aromatic rings. The Labute approximate surface area is 96.4 Å². The van der Waals surface area contributed by atoms with Crippen molar-refractivity contribution in [3.05, 3.63) is 11.7 Å². The SMILES string of the molecule is CCOCCc1noc(C(C)(CC)CN)n1. The van der Waals surface area contributed by atoms with Crippen LogP contribution in [0.4, 0.5) is 0 Å². The third kappa shape index (κ3) is 3.02. The van der Waals surface area contributed by atoms with Gasteiger partial charge in [-0.3, -0.25) is 0 Å². The van der Waals surface area contributed by atoms with E-state index in [0.29, 0.717) is 37.9 Å². The van der Waals surface area contributed by atoms with E-state index in [1.807, 2.05) is 13.8 Å². The predicted molar refractivity (Wildman–Crippen MR) is 61.2 cm³/mol. The maximum atomic E-state index is 5.73. The average Bonchev–Trinajstić information content (AvgIpc) is 2.78. The number of aromatic nitrogens is 2. The van der Waals surface area contributed by atoms with E-state index in [0.717, 1.165) is 6.42 Å². The van der Waals surface area contributed by atoms with Crippen molar-refractivity contribution in [1.82, 2.24) is 10.1 Å². The highest BCUT2D eigenvalue weighted by Gasteiger charge is 2.29. The molecule has 92 valence electrons. The van der Waals surface area contributed by atoms with Gasteiger partial charge < -0.3 is 15.0 Å². The van der Waals surface area contributed by atoms with Crippen molar-refractivity contribution in [2.75, 3.05) is 19.8 Å². The van der Waals surface area contributed by atoms with Gasteiger partial charge in [0.05, 0.1) is 12.0 Å². The van der Waals surface area contributed by atoms with Gasteiger partial charge in [0.25, 0.3) is 0 Å². The van der Waals surface area contributed by atoms with Gasteiger partial charge in [-0.1, -0.05) is 12.1 Å². The van der Waals surface area contributed by atoms with Crippen LogP contribution in [0.3, 0.4) is 0 Å². The number of hydrogen-bond acceptors (Lipinski definition) is 5. The molecule has 0 aliphatic carbocycles. The fourth-order valence-electron chi connectivity index (χ4n) is 1.29. The van der Waals surface area contributed by atoms with E-state index in [9.17, 15) is 0 Å². The van der Waals surface area contributed by atoms with Gasteiger partial charge in [0.2, 0.25) is 5.89 Å². The molecule has 1 unspecified atom stereocenters. The van der Waals surface area contributed by atoms with Gasteiger partial charge in [0, 0.05) is 19.6 Å². The van der Waals surface area contributed by atoms with E-state index in [-0.39, 0.29) is 5.41 Å². The van der Waals surface area contributed by atoms with Crippen molar-refractivity contribution in [2.24, 2.45) is 5.73 Å². The number of nitrogens with two attached hydrogens (primary N) is 1. The molecule has 2 N–H and O–H groups in total. The summed E-state index contributed by atoms with van der Waals surface area (Å²) in [5.41, 5.74) is 5.52. The van der Waals surface area contributed by atoms with E-state index in [1.54, 1.807) is 0 Å². The minimum atomic E-state index is -0.211. The Kier molecular flexibility index (Phi) is 4.89. The zero-order chi connectivity index (χ0) is 12.0. The Morgan fingerprint density at radius 3 is 2.75 bits per heavy atom. The summed E-state index contributed by atoms with van der Waals surface area (Å²) in [6.45, 7) is 7.91. The molecule has 1 atom stereocenters. The average molecular weight is 227 g/mol. The van der Waals surface area contributed by atoms with Crippen molar-refractivity contribution in [2.45, 2.75) is 39.0 Å². The largest absolute Gasteiger partial charge is 0.381 e. The highest BCUT2D eigenvalue weighted by molar-refractivity contribution is 5.03. The fraction of sp³-hybridized carbons (Fsp3) is 0.818. The maximum Gasteiger partial charge on any atom is 0.233 e. The molecule has 0 aliphatic rings. The summed E-state index contributed by atoms with van der Waals surface area (Å²) >= 11 is 0. The van der Waals surface area contributed by atoms with E-state index in [4.69, 9.17) is 15.0 Å². The highest BCUT2D eigenvalue weighted by atomic mass is 16.5. The smallest absolute Gasteiger partial charge is 0.233 e. The number of ether oxygens (including phenoxy) is 1. The Bertz CT molecular complexity index is 308. The molecule has 5 nitrogen and oxygen atoms in total. The Morgan fingerprint density at radius 1 is 1.44 bits per heavy atom. The van der Waals surface area contributed by atoms with Crippen LogP contribution >= 0.6 is 0 Å². The minimum absolute atomic E-state index is 0.211. The lowest BCUT2D eigenvalue weighted by Crippen LogP contribution is -2.31. The molecule has 1 aromatic heterocycles. The zero-order valence-corrected chi connectivity index (χ0v) is 10.3. The van der Waals surface area contributed by atoms with Crippen LogP contribution in [0.2, 0.25) is 0 Å². The third-order valence-corrected chi connectivity index (χ3v) is 2.89. The molecule has 0 saturated carbocycles. The third-order valence-electron chi connectivity index (χ3n) is 2.89. The van der Waals surface area contributed by atoms with Crippen molar-refractivity contribution in [1.29, 1.82) is 0 Å². The van der Waals surface area contributed by atoms with Crippen LogP contribution < -0.4 is 5.73 Å². The van der Waals surface area contributed by atoms with Gasteiger partial charge in [-0.25, -0.2) is 0 Å². The lowest BCUT2D eigenvalue weighted by atomic mass is 9.88. The molecule has 0 radical (unpaired) electrons. The van der Waals surface area contributed by atoms with Gasteiger partial charge in [-0.05, 0) is 20.3 Å². The highest BCUT2D eigenvalue weighted by Crippen LogP contribution is 2.24. The quantitative estimate of drug-likeness (QED) is 0.710. The molecular weight excluding hydrogens is 206 g/mol. The van der Waals surface area contributed by atoms with Crippen molar-refractivity contribution in [3.8, 4) is 0 Å². The minimum Gasteiger partial charge on any atom is -0.381 e. The molecule has 0 spiro atoms. The van der Waals surface area contributed by atoms with E-state index in [1.165, 1.54) is 0 Å². The summed E-state index contributed by atoms with van der Waals surface area (Å²) in [4.78, 5) is 4.36. The monoisotopic (exact) mass is 227 g/mol. The van der Waals surface area contributed by atoms with Crippen LogP contribution in [-0.4, -0.2) is 29.9 Å². The molecule has 0 amide bonds. The molecule has 1 rings (SSSR count). The molecule has 0 bridgehead atoms. The van der Waals surface area contributed by atoms with E-state index >= 15 is 0 Å². The first kappa shape index (κ1) is 13.1. The number of hydrogen-bond donors (Lipinski definition) is 1. The Balaban J connectivity index is 2.63. The van der Waals surface area contributed by atoms with Gasteiger partial charge in [0.15, 0.2) is 5.82 Å². The van der Waals surface area contributed by atoms with E-state index in [2.05, 4.69) is 17.1 Å². The van der Waals surface area contributed by atoms with Crippen molar-refractivity contribution >= 4 is 0 Å². The first-order valence-corrected chi connectivity index (χ1v) is 5.77. The van der Waals surface area contributed by atoms with E-state index < -0.39 is 0 Å². The lowest BCUT2D eigenvalue weighted by Gasteiger charge is -2.20. The number of rotatable bonds is 7. The molecule has 0 aliphatic heterocycles. The van der Waals surface area contributed by atoms with Gasteiger partial charge in [-0.15, -0.1) is 0 Å². The van der Waals surface area contributed by atoms with Crippen molar-refractivity contribution in [3.63, 3.8) is 0 Å². The van der Waals surface area contributed by atoms with Crippen LogP contribution in [0, 0.1) is 0 Å². The normalized spacial score (nSPS) is 15.0. The second-order valence-corrected chi connectivity index (χ2v) is 4.08. The summed E-state index contributed by atoms with van der Waals surface area (Å²) in [6.07, 6.45) is 1.57. The zero-order valence-electron chi connectivity index (χ0n) is 10.3. The Morgan fingerprint density at radius 2 is 2.19 bits per heavy atom. The molecule has 16 heavy (non-hydrogen) atoms. The first-order chi connectivity index (χ1) is 7.66. The lowest BCUT2D eigenvalue weighted by molar-refractivity contribution is 0.149. The summed E-state index contributed by atoms with van der Waals surface area (Å²) in [5, 5.41) is 3.93. The predicted octanol–water partition coefficient (Wildman–Crippen LogP) is 1.27. The summed E-state index contributed by atoms with van der Waals surface area (Å²) in [5.74, 6) is 1.32. The molecule has 0 aromatic carbocycles. The van der Waals surface area contributed by atoms with Gasteiger partial charge >= 0.3 is 0 Å². The van der Waals surface area contributed by atoms with Crippen LogP contribution in [0.1, 0.15) is 38.9 Å².